The Labute approximate surface area is 133 Å². The summed E-state index contributed by atoms with van der Waals surface area (Å²) in [7, 11) is 0. The molecule has 0 aliphatic carbocycles. The first-order valence-corrected chi connectivity index (χ1v) is 7.10. The van der Waals surface area contributed by atoms with Crippen molar-refractivity contribution in [1.29, 1.82) is 0 Å². The second-order valence-electron chi connectivity index (χ2n) is 5.08. The molecular formula is C16H18N2O5. The van der Waals surface area contributed by atoms with Crippen LogP contribution >= 0.6 is 0 Å². The number of nitrogens with zero attached hydrogens (tertiary/aromatic N) is 1. The van der Waals surface area contributed by atoms with E-state index in [-0.39, 0.29) is 19.6 Å². The van der Waals surface area contributed by atoms with Crippen molar-refractivity contribution >= 4 is 11.9 Å². The van der Waals surface area contributed by atoms with E-state index in [0.29, 0.717) is 5.76 Å². The fourth-order valence-electron chi connectivity index (χ4n) is 2.01. The number of carboxylic acids is 1. The quantitative estimate of drug-likeness (QED) is 0.761. The van der Waals surface area contributed by atoms with Crippen LogP contribution in [0.5, 0.6) is 0 Å². The lowest BCUT2D eigenvalue weighted by atomic mass is 10.1. The Hall–Kier alpha value is -2.67. The van der Waals surface area contributed by atoms with Gasteiger partial charge in [-0.05, 0) is 12.5 Å². The van der Waals surface area contributed by atoms with Gasteiger partial charge in [-0.25, -0.2) is 4.79 Å². The van der Waals surface area contributed by atoms with Crippen LogP contribution < -0.4 is 5.32 Å². The standard InChI is InChI=1S/C16H18N2O5/c1-11-7-13(23-18-11)9-22-10-15(19)17-14(16(20)21)8-12-5-3-2-4-6-12/h2-7,14H,8-10H2,1H3,(H,17,19)(H,20,21)/t14-/m0/s1. The molecule has 1 atom stereocenters. The van der Waals surface area contributed by atoms with Crippen LogP contribution in [0.25, 0.3) is 0 Å². The van der Waals surface area contributed by atoms with Crippen LogP contribution in [0.3, 0.4) is 0 Å². The third-order valence-corrected chi connectivity index (χ3v) is 3.07. The first kappa shape index (κ1) is 16.7. The van der Waals surface area contributed by atoms with Crippen LogP contribution in [0.4, 0.5) is 0 Å². The summed E-state index contributed by atoms with van der Waals surface area (Å²) in [6.45, 7) is 1.63. The Morgan fingerprint density at radius 1 is 1.35 bits per heavy atom. The van der Waals surface area contributed by atoms with Crippen LogP contribution in [0.1, 0.15) is 17.0 Å². The summed E-state index contributed by atoms with van der Waals surface area (Å²) in [6.07, 6.45) is 0.212. The molecule has 0 unspecified atom stereocenters. The SMILES string of the molecule is Cc1cc(COCC(=O)N[C@@H](Cc2ccccc2)C(=O)O)on1. The number of benzene rings is 1. The van der Waals surface area contributed by atoms with Crippen molar-refractivity contribution in [3.05, 3.63) is 53.4 Å². The summed E-state index contributed by atoms with van der Waals surface area (Å²) in [5.74, 6) is -1.08. The second kappa shape index (κ2) is 8.09. The third kappa shape index (κ3) is 5.55. The number of rotatable bonds is 8. The average molecular weight is 318 g/mol. The molecule has 0 aliphatic rings. The molecular weight excluding hydrogens is 300 g/mol. The maximum Gasteiger partial charge on any atom is 0.326 e. The maximum absolute atomic E-state index is 11.8. The predicted octanol–water partition coefficient (Wildman–Crippen LogP) is 1.31. The topological polar surface area (TPSA) is 102 Å². The highest BCUT2D eigenvalue weighted by Crippen LogP contribution is 2.05. The Bertz CT molecular complexity index is 654. The largest absolute Gasteiger partial charge is 0.480 e. The minimum absolute atomic E-state index is 0.102. The number of carbonyl (C=O) groups excluding carboxylic acids is 1. The van der Waals surface area contributed by atoms with E-state index in [4.69, 9.17) is 9.26 Å². The molecule has 122 valence electrons. The fraction of sp³-hybridized carbons (Fsp3) is 0.312. The number of carbonyl (C=O) groups is 2. The molecule has 0 saturated heterocycles. The highest BCUT2D eigenvalue weighted by atomic mass is 16.5. The molecule has 0 spiro atoms. The van der Waals surface area contributed by atoms with E-state index in [1.54, 1.807) is 13.0 Å². The summed E-state index contributed by atoms with van der Waals surface area (Å²) < 4.78 is 10.1. The number of aryl methyl sites for hydroxylation is 1. The van der Waals surface area contributed by atoms with E-state index in [0.717, 1.165) is 11.3 Å². The molecule has 0 saturated carbocycles. The molecule has 0 fully saturated rings. The molecule has 23 heavy (non-hydrogen) atoms. The minimum Gasteiger partial charge on any atom is -0.480 e. The molecule has 1 aromatic carbocycles. The minimum atomic E-state index is -1.09. The first-order valence-electron chi connectivity index (χ1n) is 7.10. The predicted molar refractivity (Wildman–Crippen MR) is 80.6 cm³/mol. The van der Waals surface area contributed by atoms with Crippen LogP contribution in [0.2, 0.25) is 0 Å². The number of hydrogen-bond donors (Lipinski definition) is 2. The van der Waals surface area contributed by atoms with Gasteiger partial charge in [0.05, 0.1) is 5.69 Å². The van der Waals surface area contributed by atoms with Crippen molar-refractivity contribution in [3.8, 4) is 0 Å². The van der Waals surface area contributed by atoms with Gasteiger partial charge in [-0.3, -0.25) is 4.79 Å². The van der Waals surface area contributed by atoms with Crippen molar-refractivity contribution in [1.82, 2.24) is 10.5 Å². The van der Waals surface area contributed by atoms with E-state index in [1.807, 2.05) is 30.3 Å². The fourth-order valence-corrected chi connectivity index (χ4v) is 2.01. The van der Waals surface area contributed by atoms with Gasteiger partial charge in [0.15, 0.2) is 5.76 Å². The van der Waals surface area contributed by atoms with E-state index >= 15 is 0 Å². The molecule has 1 amide bonds. The van der Waals surface area contributed by atoms with E-state index in [2.05, 4.69) is 10.5 Å². The molecule has 7 heteroatoms. The Kier molecular flexibility index (Phi) is 5.87. The zero-order valence-electron chi connectivity index (χ0n) is 12.7. The number of aromatic nitrogens is 1. The average Bonchev–Trinajstić information content (AvgIpc) is 2.93. The number of aliphatic carboxylic acids is 1. The van der Waals surface area contributed by atoms with Crippen molar-refractivity contribution < 1.29 is 24.0 Å². The highest BCUT2D eigenvalue weighted by molar-refractivity contribution is 5.84. The number of ether oxygens (including phenoxy) is 1. The molecule has 2 rings (SSSR count). The molecule has 2 aromatic rings. The van der Waals surface area contributed by atoms with Crippen LogP contribution in [0, 0.1) is 6.92 Å². The lowest BCUT2D eigenvalue weighted by molar-refractivity contribution is -0.142. The first-order chi connectivity index (χ1) is 11.0. The van der Waals surface area contributed by atoms with Crippen molar-refractivity contribution in [3.63, 3.8) is 0 Å². The van der Waals surface area contributed by atoms with Crippen LogP contribution in [-0.4, -0.2) is 34.8 Å². The van der Waals surface area contributed by atoms with Crippen LogP contribution in [0.15, 0.2) is 40.9 Å². The van der Waals surface area contributed by atoms with E-state index < -0.39 is 17.9 Å². The molecule has 0 aliphatic heterocycles. The van der Waals surface area contributed by atoms with Crippen molar-refractivity contribution in [2.45, 2.75) is 26.0 Å². The third-order valence-electron chi connectivity index (χ3n) is 3.07. The molecule has 1 heterocycles. The van der Waals surface area contributed by atoms with E-state index in [1.165, 1.54) is 0 Å². The van der Waals surface area contributed by atoms with Crippen molar-refractivity contribution in [2.24, 2.45) is 0 Å². The highest BCUT2D eigenvalue weighted by Gasteiger charge is 2.20. The Balaban J connectivity index is 1.79. The molecule has 1 aromatic heterocycles. The normalized spacial score (nSPS) is 11.9. The van der Waals surface area contributed by atoms with Gasteiger partial charge in [0.25, 0.3) is 0 Å². The number of hydrogen-bond acceptors (Lipinski definition) is 5. The van der Waals surface area contributed by atoms with Crippen molar-refractivity contribution in [2.75, 3.05) is 6.61 Å². The number of amides is 1. The molecule has 0 bridgehead atoms. The lowest BCUT2D eigenvalue weighted by Crippen LogP contribution is -2.43. The summed E-state index contributed by atoms with van der Waals surface area (Å²) in [4.78, 5) is 23.1. The van der Waals surface area contributed by atoms with Gasteiger partial charge in [-0.2, -0.15) is 0 Å². The van der Waals surface area contributed by atoms with Gasteiger partial charge < -0.3 is 19.7 Å². The van der Waals surface area contributed by atoms with Gasteiger partial charge in [0, 0.05) is 12.5 Å². The van der Waals surface area contributed by atoms with E-state index in [9.17, 15) is 14.7 Å². The summed E-state index contributed by atoms with van der Waals surface area (Å²) in [5, 5.41) is 15.4. The smallest absolute Gasteiger partial charge is 0.326 e. The monoisotopic (exact) mass is 318 g/mol. The Morgan fingerprint density at radius 2 is 2.09 bits per heavy atom. The van der Waals surface area contributed by atoms with Gasteiger partial charge >= 0.3 is 5.97 Å². The van der Waals surface area contributed by atoms with Gasteiger partial charge in [-0.1, -0.05) is 35.5 Å². The maximum atomic E-state index is 11.8. The zero-order valence-corrected chi connectivity index (χ0v) is 12.7. The van der Waals surface area contributed by atoms with Gasteiger partial charge in [0.1, 0.15) is 19.3 Å². The summed E-state index contributed by atoms with van der Waals surface area (Å²) >= 11 is 0. The summed E-state index contributed by atoms with van der Waals surface area (Å²) in [5.41, 5.74) is 1.56. The zero-order chi connectivity index (χ0) is 16.7. The Morgan fingerprint density at radius 3 is 2.70 bits per heavy atom. The summed E-state index contributed by atoms with van der Waals surface area (Å²) in [6, 6.07) is 9.80. The van der Waals surface area contributed by atoms with Crippen LogP contribution in [-0.2, 0) is 27.4 Å². The molecule has 7 nitrogen and oxygen atoms in total. The number of nitrogens with one attached hydrogen (secondary N) is 1. The number of carboxylic acid groups (broad SMARTS) is 1. The van der Waals surface area contributed by atoms with Gasteiger partial charge in [-0.15, -0.1) is 0 Å². The lowest BCUT2D eigenvalue weighted by Gasteiger charge is -2.14. The van der Waals surface area contributed by atoms with Gasteiger partial charge in [0.2, 0.25) is 5.91 Å². The second-order valence-corrected chi connectivity index (χ2v) is 5.08. The molecule has 2 N–H and O–H groups in total. The molecule has 0 radical (unpaired) electrons.